The van der Waals surface area contributed by atoms with Crippen LogP contribution < -0.4 is 0 Å². The Kier molecular flexibility index (Phi) is 2.81. The van der Waals surface area contributed by atoms with Crippen molar-refractivity contribution in [2.45, 2.75) is 13.8 Å². The van der Waals surface area contributed by atoms with Gasteiger partial charge >= 0.3 is 5.97 Å². The summed E-state index contributed by atoms with van der Waals surface area (Å²) in [7, 11) is 0. The van der Waals surface area contributed by atoms with Gasteiger partial charge in [0.1, 0.15) is 10.2 Å². The van der Waals surface area contributed by atoms with E-state index in [2.05, 4.69) is 10.1 Å². The molecule has 0 aromatic carbocycles. The molecule has 0 unspecified atom stereocenters. The van der Waals surface area contributed by atoms with Crippen molar-refractivity contribution in [2.75, 3.05) is 0 Å². The minimum Gasteiger partial charge on any atom is -0.478 e. The number of carboxylic acid groups (broad SMARTS) is 1. The maximum Gasteiger partial charge on any atom is 0.340 e. The van der Waals surface area contributed by atoms with Crippen LogP contribution in [-0.2, 0) is 0 Å². The number of carboxylic acids is 1. The molecule has 88 valence electrons. The van der Waals surface area contributed by atoms with E-state index in [0.29, 0.717) is 11.5 Å². The lowest BCUT2D eigenvalue weighted by atomic mass is 10.3. The van der Waals surface area contributed by atoms with Crippen LogP contribution in [0, 0.1) is 18.5 Å². The molecule has 0 amide bonds. The van der Waals surface area contributed by atoms with Crippen molar-refractivity contribution < 1.29 is 9.90 Å². The number of H-pyrrole nitrogens is 1. The van der Waals surface area contributed by atoms with E-state index in [1.165, 1.54) is 4.68 Å². The number of aromatic nitrogens is 3. The minimum atomic E-state index is -1.03. The van der Waals surface area contributed by atoms with Crippen LogP contribution in [0.15, 0.2) is 18.2 Å². The molecule has 0 radical (unpaired) electrons. The highest BCUT2D eigenvalue weighted by Crippen LogP contribution is 2.13. The van der Waals surface area contributed by atoms with Crippen LogP contribution in [0.2, 0.25) is 0 Å². The van der Waals surface area contributed by atoms with Crippen LogP contribution in [0.25, 0.3) is 5.82 Å². The third kappa shape index (κ3) is 1.99. The molecule has 2 heterocycles. The van der Waals surface area contributed by atoms with Gasteiger partial charge in [0.15, 0.2) is 5.82 Å². The van der Waals surface area contributed by atoms with E-state index in [1.807, 2.05) is 19.1 Å². The van der Waals surface area contributed by atoms with E-state index < -0.39 is 5.97 Å². The minimum absolute atomic E-state index is 0.114. The highest BCUT2D eigenvalue weighted by molar-refractivity contribution is 7.71. The molecule has 17 heavy (non-hydrogen) atoms. The average Bonchev–Trinajstić information content (AvgIpc) is 2.54. The second kappa shape index (κ2) is 4.14. The van der Waals surface area contributed by atoms with Crippen LogP contribution >= 0.6 is 12.2 Å². The van der Waals surface area contributed by atoms with Crippen molar-refractivity contribution in [3.05, 3.63) is 39.8 Å². The molecule has 0 saturated heterocycles. The van der Waals surface area contributed by atoms with E-state index in [0.717, 1.165) is 5.69 Å². The zero-order valence-electron chi connectivity index (χ0n) is 9.39. The Morgan fingerprint density at radius 3 is 2.71 bits per heavy atom. The normalized spacial score (nSPS) is 10.5. The quantitative estimate of drug-likeness (QED) is 0.801. The second-order valence-corrected chi connectivity index (χ2v) is 4.08. The van der Waals surface area contributed by atoms with Crippen LogP contribution in [0.3, 0.4) is 0 Å². The summed E-state index contributed by atoms with van der Waals surface area (Å²) in [6.45, 7) is 3.53. The number of hydrogen-bond donors (Lipinski definition) is 2. The van der Waals surface area contributed by atoms with E-state index >= 15 is 0 Å². The third-order valence-electron chi connectivity index (χ3n) is 2.39. The summed E-state index contributed by atoms with van der Waals surface area (Å²) in [6.07, 6.45) is 0. The average molecular weight is 249 g/mol. The van der Waals surface area contributed by atoms with Gasteiger partial charge in [0, 0.05) is 11.4 Å². The lowest BCUT2D eigenvalue weighted by Crippen LogP contribution is -2.01. The van der Waals surface area contributed by atoms with Crippen LogP contribution in [0.5, 0.6) is 0 Å². The Balaban J connectivity index is 2.66. The zero-order chi connectivity index (χ0) is 12.6. The Morgan fingerprint density at radius 2 is 2.18 bits per heavy atom. The first-order valence-electron chi connectivity index (χ1n) is 4.99. The molecule has 0 spiro atoms. The number of carbonyl (C=O) groups is 1. The molecule has 2 N–H and O–H groups in total. The van der Waals surface area contributed by atoms with Crippen molar-refractivity contribution in [2.24, 2.45) is 0 Å². The van der Waals surface area contributed by atoms with Gasteiger partial charge in [-0.05, 0) is 26.0 Å². The molecule has 0 aliphatic carbocycles. The number of nitrogens with zero attached hydrogens (tertiary/aromatic N) is 2. The smallest absolute Gasteiger partial charge is 0.340 e. The molecule has 2 aromatic rings. The number of aromatic amines is 1. The molecule has 0 aliphatic rings. The van der Waals surface area contributed by atoms with Gasteiger partial charge in [-0.2, -0.15) is 0 Å². The molecular formula is C11H11N3O2S. The Morgan fingerprint density at radius 1 is 1.47 bits per heavy atom. The molecule has 0 aliphatic heterocycles. The number of aromatic carboxylic acids is 1. The highest BCUT2D eigenvalue weighted by atomic mass is 32.1. The van der Waals surface area contributed by atoms with Gasteiger partial charge in [-0.15, -0.1) is 0 Å². The van der Waals surface area contributed by atoms with Crippen molar-refractivity contribution in [3.63, 3.8) is 0 Å². The summed E-state index contributed by atoms with van der Waals surface area (Å²) in [6, 6.07) is 5.47. The third-order valence-corrected chi connectivity index (χ3v) is 2.77. The predicted octanol–water partition coefficient (Wildman–Crippen LogP) is 2.24. The standard InChI is InChI=1S/C11H11N3O2S/c1-6-4-3-5-8(12-6)14-10(17)9(11(15)16)7(2)13-14/h3-5,13H,1-2H3,(H,15,16). The number of nitrogens with one attached hydrogen (secondary N) is 1. The number of rotatable bonds is 2. The van der Waals surface area contributed by atoms with Gasteiger partial charge in [0.25, 0.3) is 0 Å². The van der Waals surface area contributed by atoms with Crippen molar-refractivity contribution >= 4 is 18.2 Å². The summed E-state index contributed by atoms with van der Waals surface area (Å²) >= 11 is 5.13. The summed E-state index contributed by atoms with van der Waals surface area (Å²) in [5, 5.41) is 11.9. The maximum absolute atomic E-state index is 11.0. The Bertz CT molecular complexity index is 642. The van der Waals surface area contributed by atoms with Crippen molar-refractivity contribution in [1.82, 2.24) is 14.8 Å². The number of pyridine rings is 1. The Labute approximate surface area is 103 Å². The van der Waals surface area contributed by atoms with E-state index in [-0.39, 0.29) is 10.2 Å². The van der Waals surface area contributed by atoms with E-state index in [1.54, 1.807) is 13.0 Å². The van der Waals surface area contributed by atoms with Gasteiger partial charge < -0.3 is 5.11 Å². The van der Waals surface area contributed by atoms with E-state index in [4.69, 9.17) is 17.3 Å². The first kappa shape index (κ1) is 11.5. The lowest BCUT2D eigenvalue weighted by molar-refractivity contribution is 0.0695. The van der Waals surface area contributed by atoms with Gasteiger partial charge in [-0.25, -0.2) is 14.5 Å². The fourth-order valence-corrected chi connectivity index (χ4v) is 1.99. The summed E-state index contributed by atoms with van der Waals surface area (Å²) in [5.74, 6) is -0.444. The largest absolute Gasteiger partial charge is 0.478 e. The Hall–Kier alpha value is -1.95. The number of aryl methyl sites for hydroxylation is 2. The van der Waals surface area contributed by atoms with Crippen molar-refractivity contribution in [3.8, 4) is 5.82 Å². The molecule has 0 bridgehead atoms. The highest BCUT2D eigenvalue weighted by Gasteiger charge is 2.15. The predicted molar refractivity (Wildman–Crippen MR) is 65.2 cm³/mol. The first-order valence-corrected chi connectivity index (χ1v) is 5.40. The van der Waals surface area contributed by atoms with Gasteiger partial charge in [0.05, 0.1) is 0 Å². The van der Waals surface area contributed by atoms with Crippen molar-refractivity contribution in [1.29, 1.82) is 0 Å². The molecule has 2 aromatic heterocycles. The van der Waals surface area contributed by atoms with Crippen LogP contribution in [0.4, 0.5) is 0 Å². The fourth-order valence-electron chi connectivity index (χ4n) is 1.61. The maximum atomic E-state index is 11.0. The molecule has 0 saturated carbocycles. The molecule has 6 heteroatoms. The van der Waals surface area contributed by atoms with Gasteiger partial charge in [-0.3, -0.25) is 5.10 Å². The number of hydrogen-bond acceptors (Lipinski definition) is 3. The molecular weight excluding hydrogens is 238 g/mol. The van der Waals surface area contributed by atoms with Gasteiger partial charge in [0.2, 0.25) is 0 Å². The second-order valence-electron chi connectivity index (χ2n) is 3.69. The molecule has 2 rings (SSSR count). The lowest BCUT2D eigenvalue weighted by Gasteiger charge is -2.02. The SMILES string of the molecule is Cc1cccc(-n2[nH]c(C)c(C(=O)O)c2=S)n1. The van der Waals surface area contributed by atoms with Crippen LogP contribution in [0.1, 0.15) is 21.7 Å². The van der Waals surface area contributed by atoms with Gasteiger partial charge in [-0.1, -0.05) is 18.3 Å². The molecule has 5 nitrogen and oxygen atoms in total. The topological polar surface area (TPSA) is 70.9 Å². The molecule has 0 fully saturated rings. The first-order chi connectivity index (χ1) is 8.00. The summed E-state index contributed by atoms with van der Waals surface area (Å²) in [4.78, 5) is 15.3. The molecule has 0 atom stereocenters. The zero-order valence-corrected chi connectivity index (χ0v) is 10.2. The fraction of sp³-hybridized carbons (Fsp3) is 0.182. The van der Waals surface area contributed by atoms with Crippen LogP contribution in [-0.4, -0.2) is 25.8 Å². The monoisotopic (exact) mass is 249 g/mol. The van der Waals surface area contributed by atoms with E-state index in [9.17, 15) is 4.79 Å². The summed E-state index contributed by atoms with van der Waals surface area (Å²) < 4.78 is 1.73. The summed E-state index contributed by atoms with van der Waals surface area (Å²) in [5.41, 5.74) is 1.47.